The smallest absolute Gasteiger partial charge is 0.269 e. The first kappa shape index (κ1) is 23.9. The summed E-state index contributed by atoms with van der Waals surface area (Å²) in [4.78, 5) is 24.4. The van der Waals surface area contributed by atoms with Crippen LogP contribution in [-0.2, 0) is 22.0 Å². The molecule has 2 rings (SSSR count). The van der Waals surface area contributed by atoms with Crippen molar-refractivity contribution in [1.82, 2.24) is 10.9 Å². The number of phenolic OH excluding ortho intramolecular Hbond substituents is 1. The maximum Gasteiger partial charge on any atom is 0.269 e. The molecule has 0 atom stereocenters. The third-order valence-electron chi connectivity index (χ3n) is 4.85. The van der Waals surface area contributed by atoms with E-state index in [1.807, 2.05) is 12.1 Å². The Hall–Kier alpha value is -2.34. The van der Waals surface area contributed by atoms with Gasteiger partial charge in [-0.1, -0.05) is 69.6 Å². The van der Waals surface area contributed by atoms with Crippen LogP contribution in [0.5, 0.6) is 5.75 Å². The second kappa shape index (κ2) is 9.21. The van der Waals surface area contributed by atoms with Crippen LogP contribution in [0.2, 0.25) is 0 Å². The number of rotatable bonds is 4. The van der Waals surface area contributed by atoms with Gasteiger partial charge in [-0.2, -0.15) is 0 Å². The van der Waals surface area contributed by atoms with Gasteiger partial charge in [0.2, 0.25) is 5.91 Å². The minimum absolute atomic E-state index is 0.221. The monoisotopic (exact) mass is 474 g/mol. The van der Waals surface area contributed by atoms with Crippen LogP contribution < -0.4 is 10.9 Å². The molecule has 5 nitrogen and oxygen atoms in total. The fourth-order valence-electron chi connectivity index (χ4n) is 3.10. The number of carbonyl (C=O) groups excluding carboxylic acids is 2. The van der Waals surface area contributed by atoms with Crippen LogP contribution in [-0.4, -0.2) is 16.9 Å². The molecule has 0 saturated heterocycles. The van der Waals surface area contributed by atoms with Gasteiger partial charge in [-0.05, 0) is 58.2 Å². The Morgan fingerprint density at radius 3 is 1.87 bits per heavy atom. The number of carbonyl (C=O) groups is 2. The van der Waals surface area contributed by atoms with Crippen molar-refractivity contribution in [3.8, 4) is 5.75 Å². The highest BCUT2D eigenvalue weighted by atomic mass is 79.9. The molecule has 0 aliphatic carbocycles. The first-order valence-electron chi connectivity index (χ1n) is 10.0. The molecule has 2 aromatic carbocycles. The molecule has 0 fully saturated rings. The summed E-state index contributed by atoms with van der Waals surface area (Å²) in [5, 5.41) is 10.8. The van der Waals surface area contributed by atoms with E-state index in [2.05, 4.69) is 68.3 Å². The molecule has 0 radical (unpaired) electrons. The van der Waals surface area contributed by atoms with Crippen molar-refractivity contribution < 1.29 is 14.7 Å². The summed E-state index contributed by atoms with van der Waals surface area (Å²) in [6.07, 6.45) is 0.727. The Kier molecular flexibility index (Phi) is 7.35. The molecule has 162 valence electrons. The molecule has 0 saturated carbocycles. The average Bonchev–Trinajstić information content (AvgIpc) is 2.63. The van der Waals surface area contributed by atoms with Gasteiger partial charge >= 0.3 is 0 Å². The van der Waals surface area contributed by atoms with Gasteiger partial charge in [0, 0.05) is 16.5 Å². The highest BCUT2D eigenvalue weighted by Crippen LogP contribution is 2.39. The maximum absolute atomic E-state index is 12.3. The number of aryl methyl sites for hydroxylation is 1. The Balaban J connectivity index is 2.06. The van der Waals surface area contributed by atoms with Crippen LogP contribution in [0.4, 0.5) is 0 Å². The number of halogens is 1. The van der Waals surface area contributed by atoms with E-state index in [1.54, 1.807) is 24.3 Å². The molecule has 2 aromatic rings. The lowest BCUT2D eigenvalue weighted by molar-refractivity contribution is -0.121. The second-order valence-electron chi connectivity index (χ2n) is 9.55. The van der Waals surface area contributed by atoms with E-state index >= 15 is 0 Å². The predicted octanol–water partition coefficient (Wildman–Crippen LogP) is 5.14. The normalized spacial score (nSPS) is 11.8. The number of hydrogen-bond donors (Lipinski definition) is 3. The minimum atomic E-state index is -0.370. The quantitative estimate of drug-likeness (QED) is 0.536. The highest BCUT2D eigenvalue weighted by Gasteiger charge is 2.26. The zero-order valence-corrected chi connectivity index (χ0v) is 20.1. The fraction of sp³-hybridized carbons (Fsp3) is 0.417. The topological polar surface area (TPSA) is 78.4 Å². The van der Waals surface area contributed by atoms with Crippen molar-refractivity contribution in [3.05, 3.63) is 63.1 Å². The molecule has 0 aliphatic heterocycles. The van der Waals surface area contributed by atoms with Crippen molar-refractivity contribution in [2.45, 2.75) is 65.2 Å². The predicted molar refractivity (Wildman–Crippen MR) is 124 cm³/mol. The first-order chi connectivity index (χ1) is 13.8. The summed E-state index contributed by atoms with van der Waals surface area (Å²) in [5.74, 6) is -0.321. The average molecular weight is 475 g/mol. The lowest BCUT2D eigenvalue weighted by Gasteiger charge is -2.28. The number of nitrogens with one attached hydrogen (secondary N) is 2. The Morgan fingerprint density at radius 1 is 0.900 bits per heavy atom. The van der Waals surface area contributed by atoms with Gasteiger partial charge < -0.3 is 5.11 Å². The molecule has 6 heteroatoms. The van der Waals surface area contributed by atoms with Gasteiger partial charge in [-0.25, -0.2) is 0 Å². The summed E-state index contributed by atoms with van der Waals surface area (Å²) in [6, 6.07) is 10.8. The van der Waals surface area contributed by atoms with Crippen LogP contribution in [0.15, 0.2) is 40.9 Å². The van der Waals surface area contributed by atoms with Crippen molar-refractivity contribution >= 4 is 27.7 Å². The van der Waals surface area contributed by atoms with E-state index < -0.39 is 0 Å². The maximum atomic E-state index is 12.3. The third kappa shape index (κ3) is 6.33. The number of phenols is 1. The number of benzene rings is 2. The largest absolute Gasteiger partial charge is 0.507 e. The first-order valence-corrected chi connectivity index (χ1v) is 10.8. The van der Waals surface area contributed by atoms with E-state index in [9.17, 15) is 14.7 Å². The molecule has 0 aromatic heterocycles. The van der Waals surface area contributed by atoms with Gasteiger partial charge in [-0.15, -0.1) is 0 Å². The molecule has 0 heterocycles. The Morgan fingerprint density at radius 2 is 1.40 bits per heavy atom. The molecule has 3 N–H and O–H groups in total. The number of hydrogen-bond acceptors (Lipinski definition) is 3. The van der Waals surface area contributed by atoms with Crippen molar-refractivity contribution in [2.24, 2.45) is 0 Å². The van der Waals surface area contributed by atoms with Crippen molar-refractivity contribution in [1.29, 1.82) is 0 Å². The molecule has 2 amide bonds. The van der Waals surface area contributed by atoms with Crippen LogP contribution in [0.3, 0.4) is 0 Å². The van der Waals surface area contributed by atoms with E-state index in [0.29, 0.717) is 17.7 Å². The lowest BCUT2D eigenvalue weighted by atomic mass is 9.78. The zero-order chi connectivity index (χ0) is 22.7. The van der Waals surface area contributed by atoms with Gasteiger partial charge in [0.25, 0.3) is 5.91 Å². The molecule has 30 heavy (non-hydrogen) atoms. The van der Waals surface area contributed by atoms with Gasteiger partial charge in [0.05, 0.1) is 0 Å². The van der Waals surface area contributed by atoms with Crippen LogP contribution >= 0.6 is 15.9 Å². The van der Waals surface area contributed by atoms with Crippen LogP contribution in [0, 0.1) is 0 Å². The molecular formula is C24H31BrN2O3. The second-order valence-corrected chi connectivity index (χ2v) is 10.5. The third-order valence-corrected chi connectivity index (χ3v) is 5.38. The summed E-state index contributed by atoms with van der Waals surface area (Å²) in [7, 11) is 0. The molecule has 0 aliphatic rings. The molecule has 0 unspecified atom stereocenters. The number of hydrazine groups is 1. The van der Waals surface area contributed by atoms with E-state index in [1.165, 1.54) is 0 Å². The molecule has 0 spiro atoms. The number of aromatic hydroxyl groups is 1. The van der Waals surface area contributed by atoms with E-state index in [0.717, 1.165) is 21.2 Å². The van der Waals surface area contributed by atoms with E-state index in [4.69, 9.17) is 0 Å². The Bertz CT molecular complexity index is 888. The highest BCUT2D eigenvalue weighted by molar-refractivity contribution is 9.10. The lowest BCUT2D eigenvalue weighted by Crippen LogP contribution is -2.41. The number of amides is 2. The minimum Gasteiger partial charge on any atom is -0.507 e. The molecular weight excluding hydrogens is 444 g/mol. The van der Waals surface area contributed by atoms with Crippen LogP contribution in [0.1, 0.15) is 75.0 Å². The fourth-order valence-corrected chi connectivity index (χ4v) is 3.37. The summed E-state index contributed by atoms with van der Waals surface area (Å²) in [5.41, 5.74) is 7.65. The van der Waals surface area contributed by atoms with Crippen molar-refractivity contribution in [3.63, 3.8) is 0 Å². The summed E-state index contributed by atoms with van der Waals surface area (Å²) >= 11 is 3.32. The van der Waals surface area contributed by atoms with Gasteiger partial charge in [-0.3, -0.25) is 20.4 Å². The standard InChI is InChI=1S/C24H31BrN2O3/c1-23(2,3)18-13-15(14-19(21(18)29)24(4,5)6)7-12-20(28)26-27-22(30)16-8-10-17(25)11-9-16/h8-11,13-14,29H,7,12H2,1-6H3,(H,26,28)(H,27,30). The van der Waals surface area contributed by atoms with Crippen molar-refractivity contribution in [2.75, 3.05) is 0 Å². The SMILES string of the molecule is CC(C)(C)c1cc(CCC(=O)NNC(=O)c2ccc(Br)cc2)cc(C(C)(C)C)c1O. The van der Waals surface area contributed by atoms with Gasteiger partial charge in [0.1, 0.15) is 5.75 Å². The Labute approximate surface area is 187 Å². The van der Waals surface area contributed by atoms with Gasteiger partial charge in [0.15, 0.2) is 0 Å². The zero-order valence-electron chi connectivity index (χ0n) is 18.5. The van der Waals surface area contributed by atoms with E-state index in [-0.39, 0.29) is 29.1 Å². The molecule has 0 bridgehead atoms. The summed E-state index contributed by atoms with van der Waals surface area (Å²) in [6.45, 7) is 12.3. The summed E-state index contributed by atoms with van der Waals surface area (Å²) < 4.78 is 0.876. The van der Waals surface area contributed by atoms with Crippen LogP contribution in [0.25, 0.3) is 0 Å².